The minimum atomic E-state index is -0.212. The lowest BCUT2D eigenvalue weighted by Crippen LogP contribution is -2.46. The SMILES string of the molecule is CCc1ccc(C2NC(=S)N(c3cc(C)cc(C)c3)C(C)=C2c2nc(-c3cccc(C)c3)no2)cc1. The molecule has 6 heteroatoms. The predicted octanol–water partition coefficient (Wildman–Crippen LogP) is 7.09. The molecule has 5 rings (SSSR count). The van der Waals surface area contributed by atoms with E-state index in [4.69, 9.17) is 21.7 Å². The fourth-order valence-electron chi connectivity index (χ4n) is 4.84. The van der Waals surface area contributed by atoms with Crippen LogP contribution in [0.4, 0.5) is 5.69 Å². The standard InChI is InChI=1S/C30H30N4OS/c1-6-22-10-12-23(13-11-22)27-26(29-32-28(33-35-29)24-9-7-8-18(2)15-24)21(5)34(30(36)31-27)25-16-19(3)14-20(4)17-25/h7-17,27H,6H2,1-5H3,(H,31,36). The summed E-state index contributed by atoms with van der Waals surface area (Å²) in [6.45, 7) is 10.5. The monoisotopic (exact) mass is 494 g/mol. The molecule has 1 N–H and O–H groups in total. The lowest BCUT2D eigenvalue weighted by Gasteiger charge is -2.37. The number of benzene rings is 3. The smallest absolute Gasteiger partial charge is 0.258 e. The number of anilines is 1. The van der Waals surface area contributed by atoms with Crippen LogP contribution in [0.5, 0.6) is 0 Å². The Morgan fingerprint density at radius 1 is 0.917 bits per heavy atom. The van der Waals surface area contributed by atoms with Gasteiger partial charge in [-0.15, -0.1) is 0 Å². The molecule has 1 aliphatic rings. The molecule has 0 saturated heterocycles. The summed E-state index contributed by atoms with van der Waals surface area (Å²) < 4.78 is 5.90. The van der Waals surface area contributed by atoms with Gasteiger partial charge in [0.2, 0.25) is 5.82 Å². The predicted molar refractivity (Wildman–Crippen MR) is 150 cm³/mol. The zero-order valence-corrected chi connectivity index (χ0v) is 22.1. The number of hydrogen-bond donors (Lipinski definition) is 1. The second-order valence-corrected chi connectivity index (χ2v) is 9.84. The van der Waals surface area contributed by atoms with Gasteiger partial charge in [0.05, 0.1) is 11.6 Å². The van der Waals surface area contributed by atoms with Crippen molar-refractivity contribution in [1.82, 2.24) is 15.5 Å². The summed E-state index contributed by atoms with van der Waals surface area (Å²) in [4.78, 5) is 6.92. The van der Waals surface area contributed by atoms with Crippen LogP contribution in [-0.2, 0) is 6.42 Å². The number of aryl methyl sites for hydroxylation is 4. The van der Waals surface area contributed by atoms with Crippen molar-refractivity contribution in [3.8, 4) is 11.4 Å². The van der Waals surface area contributed by atoms with E-state index in [1.165, 1.54) is 16.7 Å². The topological polar surface area (TPSA) is 54.2 Å². The van der Waals surface area contributed by atoms with Gasteiger partial charge in [0.15, 0.2) is 5.11 Å². The number of nitrogens with zero attached hydrogens (tertiary/aromatic N) is 3. The molecular weight excluding hydrogens is 464 g/mol. The molecule has 3 aromatic carbocycles. The zero-order chi connectivity index (χ0) is 25.4. The highest BCUT2D eigenvalue weighted by Crippen LogP contribution is 2.39. The van der Waals surface area contributed by atoms with Crippen molar-refractivity contribution in [3.63, 3.8) is 0 Å². The van der Waals surface area contributed by atoms with Gasteiger partial charge >= 0.3 is 0 Å². The first-order valence-electron chi connectivity index (χ1n) is 12.2. The molecule has 0 fully saturated rings. The van der Waals surface area contributed by atoms with E-state index in [1.54, 1.807) is 0 Å². The largest absolute Gasteiger partial charge is 0.351 e. The van der Waals surface area contributed by atoms with Gasteiger partial charge in [0, 0.05) is 16.9 Å². The molecular formula is C30H30N4OS. The second kappa shape index (κ2) is 9.70. The molecule has 4 aromatic rings. The van der Waals surface area contributed by atoms with Gasteiger partial charge in [-0.25, -0.2) is 0 Å². The van der Waals surface area contributed by atoms with E-state index >= 15 is 0 Å². The van der Waals surface area contributed by atoms with E-state index < -0.39 is 0 Å². The van der Waals surface area contributed by atoms with Crippen LogP contribution in [0.3, 0.4) is 0 Å². The maximum absolute atomic E-state index is 5.91. The number of rotatable bonds is 5. The van der Waals surface area contributed by atoms with Crippen molar-refractivity contribution < 1.29 is 4.52 Å². The summed E-state index contributed by atoms with van der Waals surface area (Å²) in [5, 5.41) is 8.55. The molecule has 0 amide bonds. The lowest BCUT2D eigenvalue weighted by molar-refractivity contribution is 0.404. The van der Waals surface area contributed by atoms with Gasteiger partial charge in [-0.05, 0) is 86.8 Å². The average molecular weight is 495 g/mol. The molecule has 0 aliphatic carbocycles. The summed E-state index contributed by atoms with van der Waals surface area (Å²) in [7, 11) is 0. The van der Waals surface area contributed by atoms with Crippen LogP contribution in [0, 0.1) is 20.8 Å². The first-order valence-corrected chi connectivity index (χ1v) is 12.6. The summed E-state index contributed by atoms with van der Waals surface area (Å²) in [5.74, 6) is 1.05. The van der Waals surface area contributed by atoms with Crippen LogP contribution in [0.25, 0.3) is 17.0 Å². The lowest BCUT2D eigenvalue weighted by atomic mass is 9.93. The Morgan fingerprint density at radius 2 is 1.64 bits per heavy atom. The zero-order valence-electron chi connectivity index (χ0n) is 21.3. The number of allylic oxidation sites excluding steroid dienone is 1. The van der Waals surface area contributed by atoms with Crippen molar-refractivity contribution in [1.29, 1.82) is 0 Å². The highest BCUT2D eigenvalue weighted by atomic mass is 32.1. The van der Waals surface area contributed by atoms with E-state index in [1.807, 2.05) is 12.1 Å². The molecule has 2 heterocycles. The average Bonchev–Trinajstić information content (AvgIpc) is 3.33. The molecule has 182 valence electrons. The maximum atomic E-state index is 5.91. The Labute approximate surface area is 217 Å². The molecule has 1 aromatic heterocycles. The van der Waals surface area contributed by atoms with Crippen LogP contribution in [0.2, 0.25) is 0 Å². The minimum Gasteiger partial charge on any atom is -0.351 e. The Balaban J connectivity index is 1.66. The maximum Gasteiger partial charge on any atom is 0.258 e. The highest BCUT2D eigenvalue weighted by molar-refractivity contribution is 7.80. The van der Waals surface area contributed by atoms with Crippen LogP contribution < -0.4 is 10.2 Å². The summed E-state index contributed by atoms with van der Waals surface area (Å²) >= 11 is 5.91. The van der Waals surface area contributed by atoms with Gasteiger partial charge in [-0.2, -0.15) is 4.98 Å². The van der Waals surface area contributed by atoms with Gasteiger partial charge < -0.3 is 9.84 Å². The second-order valence-electron chi connectivity index (χ2n) is 9.45. The Kier molecular flexibility index (Phi) is 6.46. The first-order chi connectivity index (χ1) is 17.3. The normalized spacial score (nSPS) is 15.9. The number of aromatic nitrogens is 2. The summed E-state index contributed by atoms with van der Waals surface area (Å²) in [6.07, 6.45) is 0.989. The van der Waals surface area contributed by atoms with E-state index in [9.17, 15) is 0 Å². The molecule has 0 saturated carbocycles. The Bertz CT molecular complexity index is 1450. The van der Waals surface area contributed by atoms with Gasteiger partial charge in [-0.1, -0.05) is 66.2 Å². The quantitative estimate of drug-likeness (QED) is 0.299. The van der Waals surface area contributed by atoms with Crippen LogP contribution in [0.1, 0.15) is 53.6 Å². The third-order valence-electron chi connectivity index (χ3n) is 6.60. The number of hydrogen-bond acceptors (Lipinski definition) is 4. The molecule has 0 bridgehead atoms. The molecule has 0 radical (unpaired) electrons. The van der Waals surface area contributed by atoms with E-state index in [2.05, 4.69) is 105 Å². The van der Waals surface area contributed by atoms with E-state index in [-0.39, 0.29) is 6.04 Å². The van der Waals surface area contributed by atoms with Crippen LogP contribution in [0.15, 0.2) is 77.0 Å². The van der Waals surface area contributed by atoms with Gasteiger partial charge in [0.1, 0.15) is 0 Å². The van der Waals surface area contributed by atoms with Crippen molar-refractivity contribution >= 4 is 28.6 Å². The Hall–Kier alpha value is -3.77. The van der Waals surface area contributed by atoms with Crippen molar-refractivity contribution in [2.45, 2.75) is 47.1 Å². The molecule has 0 spiro atoms. The minimum absolute atomic E-state index is 0.212. The molecule has 5 nitrogen and oxygen atoms in total. The molecule has 36 heavy (non-hydrogen) atoms. The van der Waals surface area contributed by atoms with Crippen LogP contribution >= 0.6 is 12.2 Å². The third-order valence-corrected chi connectivity index (χ3v) is 6.90. The third kappa shape index (κ3) is 4.56. The summed E-state index contributed by atoms with van der Waals surface area (Å²) in [5.41, 5.74) is 9.71. The van der Waals surface area contributed by atoms with Crippen molar-refractivity contribution in [2.75, 3.05) is 4.90 Å². The fourth-order valence-corrected chi connectivity index (χ4v) is 5.20. The highest BCUT2D eigenvalue weighted by Gasteiger charge is 2.35. The summed E-state index contributed by atoms with van der Waals surface area (Å²) in [6, 6.07) is 23.0. The first kappa shape index (κ1) is 23.9. The number of nitrogens with one attached hydrogen (secondary N) is 1. The van der Waals surface area contributed by atoms with Crippen molar-refractivity contribution in [3.05, 3.63) is 106 Å². The van der Waals surface area contributed by atoms with Crippen molar-refractivity contribution in [2.24, 2.45) is 0 Å². The van der Waals surface area contributed by atoms with E-state index in [0.717, 1.165) is 40.1 Å². The van der Waals surface area contributed by atoms with Gasteiger partial charge in [0.25, 0.3) is 5.89 Å². The van der Waals surface area contributed by atoms with Crippen LogP contribution in [-0.4, -0.2) is 15.3 Å². The molecule has 1 atom stereocenters. The molecule has 1 unspecified atom stereocenters. The molecule has 1 aliphatic heterocycles. The van der Waals surface area contributed by atoms with E-state index in [0.29, 0.717) is 16.8 Å². The number of thiocarbonyl (C=S) groups is 1. The Morgan fingerprint density at radius 3 is 2.31 bits per heavy atom. The fraction of sp³-hybridized carbons (Fsp3) is 0.233. The van der Waals surface area contributed by atoms with Gasteiger partial charge in [-0.3, -0.25) is 4.90 Å².